The summed E-state index contributed by atoms with van der Waals surface area (Å²) in [6.07, 6.45) is 0.667. The second-order valence-corrected chi connectivity index (χ2v) is 3.45. The smallest absolute Gasteiger partial charge is 0.251 e. The number of aliphatic hydroxyl groups excluding tert-OH is 1. The highest BCUT2D eigenvalue weighted by Crippen LogP contribution is 2.04. The summed E-state index contributed by atoms with van der Waals surface area (Å²) in [6.45, 7) is 1.80. The molecule has 84 valence electrons. The van der Waals surface area contributed by atoms with Gasteiger partial charge in [-0.3, -0.25) is 4.79 Å². The minimum atomic E-state index is -0.266. The van der Waals surface area contributed by atoms with Crippen LogP contribution in [-0.2, 0) is 0 Å². The van der Waals surface area contributed by atoms with E-state index < -0.39 is 0 Å². The molecule has 16 heavy (non-hydrogen) atoms. The van der Waals surface area contributed by atoms with E-state index in [1.54, 1.807) is 18.2 Å². The Bertz CT molecular complexity index is 406. The minimum Gasteiger partial charge on any atom is -0.394 e. The van der Waals surface area contributed by atoms with Gasteiger partial charge < -0.3 is 10.4 Å². The van der Waals surface area contributed by atoms with Crippen molar-refractivity contribution in [1.29, 1.82) is 5.26 Å². The molecule has 0 bridgehead atoms. The average molecular weight is 218 g/mol. The highest BCUT2D eigenvalue weighted by Gasteiger charge is 2.11. The number of hydrogen-bond donors (Lipinski definition) is 2. The van der Waals surface area contributed by atoms with Gasteiger partial charge in [0.2, 0.25) is 0 Å². The van der Waals surface area contributed by atoms with Gasteiger partial charge in [-0.2, -0.15) is 5.26 Å². The molecule has 0 aliphatic rings. The number of nitrogens with zero attached hydrogens (tertiary/aromatic N) is 1. The third-order valence-electron chi connectivity index (χ3n) is 2.30. The second-order valence-electron chi connectivity index (χ2n) is 3.45. The van der Waals surface area contributed by atoms with Crippen LogP contribution in [-0.4, -0.2) is 23.7 Å². The van der Waals surface area contributed by atoms with Gasteiger partial charge in [-0.05, 0) is 24.6 Å². The molecule has 4 heteroatoms. The van der Waals surface area contributed by atoms with E-state index in [1.165, 1.54) is 6.07 Å². The normalized spacial score (nSPS) is 11.6. The third kappa shape index (κ3) is 3.07. The van der Waals surface area contributed by atoms with Crippen molar-refractivity contribution in [2.24, 2.45) is 0 Å². The third-order valence-corrected chi connectivity index (χ3v) is 2.30. The van der Waals surface area contributed by atoms with E-state index in [1.807, 2.05) is 13.0 Å². The van der Waals surface area contributed by atoms with Crippen molar-refractivity contribution >= 4 is 5.91 Å². The van der Waals surface area contributed by atoms with Crippen molar-refractivity contribution < 1.29 is 9.90 Å². The fourth-order valence-corrected chi connectivity index (χ4v) is 1.28. The molecule has 4 nitrogen and oxygen atoms in total. The summed E-state index contributed by atoms with van der Waals surface area (Å²) >= 11 is 0. The molecule has 1 aromatic rings. The maximum absolute atomic E-state index is 11.7. The van der Waals surface area contributed by atoms with Gasteiger partial charge in [0, 0.05) is 5.56 Å². The summed E-state index contributed by atoms with van der Waals surface area (Å²) in [5.74, 6) is -0.266. The molecular weight excluding hydrogens is 204 g/mol. The van der Waals surface area contributed by atoms with Gasteiger partial charge in [0.1, 0.15) is 0 Å². The second kappa shape index (κ2) is 5.89. The number of benzene rings is 1. The molecule has 1 atom stereocenters. The number of nitrogens with one attached hydrogen (secondary N) is 1. The van der Waals surface area contributed by atoms with Crippen molar-refractivity contribution in [2.75, 3.05) is 6.61 Å². The first-order valence-corrected chi connectivity index (χ1v) is 5.13. The van der Waals surface area contributed by atoms with Crippen molar-refractivity contribution in [3.05, 3.63) is 35.4 Å². The minimum absolute atomic E-state index is 0.0832. The number of hydrogen-bond acceptors (Lipinski definition) is 3. The Kier molecular flexibility index (Phi) is 4.49. The van der Waals surface area contributed by atoms with E-state index in [0.29, 0.717) is 17.5 Å². The Morgan fingerprint density at radius 1 is 1.62 bits per heavy atom. The Balaban J connectivity index is 2.77. The highest BCUT2D eigenvalue weighted by atomic mass is 16.3. The largest absolute Gasteiger partial charge is 0.394 e. The van der Waals surface area contributed by atoms with Crippen LogP contribution in [0.4, 0.5) is 0 Å². The summed E-state index contributed by atoms with van der Waals surface area (Å²) < 4.78 is 0. The van der Waals surface area contributed by atoms with Crippen LogP contribution in [0.3, 0.4) is 0 Å². The van der Waals surface area contributed by atoms with Crippen LogP contribution in [0, 0.1) is 11.3 Å². The molecule has 0 aromatic heterocycles. The van der Waals surface area contributed by atoms with Gasteiger partial charge in [-0.1, -0.05) is 13.0 Å². The summed E-state index contributed by atoms with van der Waals surface area (Å²) in [6, 6.07) is 8.20. The first-order valence-electron chi connectivity index (χ1n) is 5.13. The van der Waals surface area contributed by atoms with Crippen LogP contribution in [0.15, 0.2) is 24.3 Å². The van der Waals surface area contributed by atoms with Crippen molar-refractivity contribution in [3.63, 3.8) is 0 Å². The molecule has 0 aliphatic carbocycles. The maximum Gasteiger partial charge on any atom is 0.251 e. The van der Waals surface area contributed by atoms with Gasteiger partial charge >= 0.3 is 0 Å². The molecule has 1 rings (SSSR count). The van der Waals surface area contributed by atoms with E-state index in [0.717, 1.165) is 0 Å². The van der Waals surface area contributed by atoms with Gasteiger partial charge in [0.15, 0.2) is 0 Å². The summed E-state index contributed by atoms with van der Waals surface area (Å²) in [7, 11) is 0. The molecule has 1 aromatic carbocycles. The molecule has 2 N–H and O–H groups in total. The number of carbonyl (C=O) groups excluding carboxylic acids is 1. The van der Waals surface area contributed by atoms with Crippen LogP contribution < -0.4 is 5.32 Å². The topological polar surface area (TPSA) is 73.1 Å². The predicted molar refractivity (Wildman–Crippen MR) is 59.8 cm³/mol. The number of nitriles is 1. The zero-order chi connectivity index (χ0) is 12.0. The first-order chi connectivity index (χ1) is 7.71. The van der Waals surface area contributed by atoms with Gasteiger partial charge in [-0.25, -0.2) is 0 Å². The molecule has 0 unspecified atom stereocenters. The Morgan fingerprint density at radius 3 is 2.94 bits per heavy atom. The lowest BCUT2D eigenvalue weighted by atomic mass is 10.1. The van der Waals surface area contributed by atoms with E-state index in [-0.39, 0.29) is 18.6 Å². The van der Waals surface area contributed by atoms with E-state index in [9.17, 15) is 4.79 Å². The average Bonchev–Trinajstić information content (AvgIpc) is 2.35. The molecule has 0 spiro atoms. The lowest BCUT2D eigenvalue weighted by molar-refractivity contribution is 0.0915. The molecule has 0 heterocycles. The van der Waals surface area contributed by atoms with Crippen LogP contribution in [0.25, 0.3) is 0 Å². The first kappa shape index (κ1) is 12.2. The van der Waals surface area contributed by atoms with E-state index in [4.69, 9.17) is 10.4 Å². The van der Waals surface area contributed by atoms with Crippen molar-refractivity contribution in [3.8, 4) is 6.07 Å². The van der Waals surface area contributed by atoms with Crippen molar-refractivity contribution in [1.82, 2.24) is 5.32 Å². The SMILES string of the molecule is CC[C@H](CO)NC(=O)c1cccc(C#N)c1. The quantitative estimate of drug-likeness (QED) is 0.793. The van der Waals surface area contributed by atoms with Crippen LogP contribution in [0.2, 0.25) is 0 Å². The van der Waals surface area contributed by atoms with Crippen molar-refractivity contribution in [2.45, 2.75) is 19.4 Å². The number of aliphatic hydroxyl groups is 1. The van der Waals surface area contributed by atoms with Gasteiger partial charge in [-0.15, -0.1) is 0 Å². The lowest BCUT2D eigenvalue weighted by Gasteiger charge is -2.13. The molecule has 1 amide bonds. The van der Waals surface area contributed by atoms with Gasteiger partial charge in [0.25, 0.3) is 5.91 Å². The maximum atomic E-state index is 11.7. The molecule has 0 fully saturated rings. The van der Waals surface area contributed by atoms with Gasteiger partial charge in [0.05, 0.1) is 24.3 Å². The zero-order valence-corrected chi connectivity index (χ0v) is 9.10. The molecule has 0 aliphatic heterocycles. The van der Waals surface area contributed by atoms with E-state index >= 15 is 0 Å². The molecule has 0 radical (unpaired) electrons. The van der Waals surface area contributed by atoms with E-state index in [2.05, 4.69) is 5.32 Å². The molecule has 0 saturated carbocycles. The Hall–Kier alpha value is -1.86. The number of rotatable bonds is 4. The summed E-state index contributed by atoms with van der Waals surface area (Å²) in [5.41, 5.74) is 0.885. The standard InChI is InChI=1S/C12H14N2O2/c1-2-11(8-15)14-12(16)10-5-3-4-9(6-10)7-13/h3-6,11,15H,2,8H2,1H3,(H,14,16)/t11-/m1/s1. The van der Waals surface area contributed by atoms with Crippen LogP contribution in [0.5, 0.6) is 0 Å². The fourth-order valence-electron chi connectivity index (χ4n) is 1.28. The number of carbonyl (C=O) groups is 1. The predicted octanol–water partition coefficient (Wildman–Crippen LogP) is 1.06. The summed E-state index contributed by atoms with van der Waals surface area (Å²) in [4.78, 5) is 11.7. The molecule has 0 saturated heterocycles. The number of amides is 1. The summed E-state index contributed by atoms with van der Waals surface area (Å²) in [5, 5.41) is 20.3. The van der Waals surface area contributed by atoms with Crippen LogP contribution in [0.1, 0.15) is 29.3 Å². The lowest BCUT2D eigenvalue weighted by Crippen LogP contribution is -2.36. The Morgan fingerprint density at radius 2 is 2.38 bits per heavy atom. The highest BCUT2D eigenvalue weighted by molar-refractivity contribution is 5.94. The Labute approximate surface area is 94.5 Å². The molecular formula is C12H14N2O2. The fraction of sp³-hybridized carbons (Fsp3) is 0.333. The monoisotopic (exact) mass is 218 g/mol. The van der Waals surface area contributed by atoms with Crippen LogP contribution >= 0.6 is 0 Å². The zero-order valence-electron chi connectivity index (χ0n) is 9.10.